The minimum atomic E-state index is 0.0572. The summed E-state index contributed by atoms with van der Waals surface area (Å²) in [6.45, 7) is 2.09. The monoisotopic (exact) mass is 279 g/mol. The molecular formula is C19H21NO. The molecule has 1 aliphatic heterocycles. The molecule has 1 unspecified atom stereocenters. The Morgan fingerprint density at radius 2 is 1.71 bits per heavy atom. The Morgan fingerprint density at radius 3 is 2.43 bits per heavy atom. The number of hydrogen-bond acceptors (Lipinski definition) is 2. The standard InChI is InChI=1S/C19H21NO/c1-12-2-9-18-16(10-12)17(20)11-19(21-18)15-7-5-14(6-8-15)13-3-4-13/h2,5-10,13,17,19H,3-4,11,20H2,1H3/t17-,19?/m1/s1. The quantitative estimate of drug-likeness (QED) is 0.884. The Bertz CT molecular complexity index is 658. The van der Waals surface area contributed by atoms with Gasteiger partial charge in [-0.1, -0.05) is 42.0 Å². The Hall–Kier alpha value is -1.80. The fourth-order valence-corrected chi connectivity index (χ4v) is 3.23. The van der Waals surface area contributed by atoms with Gasteiger partial charge in [0.2, 0.25) is 0 Å². The molecule has 0 bridgehead atoms. The highest BCUT2D eigenvalue weighted by Gasteiger charge is 2.28. The van der Waals surface area contributed by atoms with Crippen LogP contribution in [-0.4, -0.2) is 0 Å². The molecule has 4 rings (SSSR count). The average molecular weight is 279 g/mol. The summed E-state index contributed by atoms with van der Waals surface area (Å²) in [6.07, 6.45) is 3.61. The lowest BCUT2D eigenvalue weighted by molar-refractivity contribution is 0.161. The van der Waals surface area contributed by atoms with Gasteiger partial charge in [-0.15, -0.1) is 0 Å². The van der Waals surface area contributed by atoms with Gasteiger partial charge < -0.3 is 10.5 Å². The molecule has 2 aromatic carbocycles. The third kappa shape index (κ3) is 2.44. The van der Waals surface area contributed by atoms with Crippen molar-refractivity contribution in [2.75, 3.05) is 0 Å². The molecule has 2 aromatic rings. The van der Waals surface area contributed by atoms with Crippen LogP contribution in [0.3, 0.4) is 0 Å². The van der Waals surface area contributed by atoms with Gasteiger partial charge in [0.1, 0.15) is 11.9 Å². The van der Waals surface area contributed by atoms with Crippen molar-refractivity contribution in [3.05, 3.63) is 64.7 Å². The third-order valence-electron chi connectivity index (χ3n) is 4.66. The molecule has 2 nitrogen and oxygen atoms in total. The van der Waals surface area contributed by atoms with Crippen LogP contribution in [0.1, 0.15) is 59.6 Å². The van der Waals surface area contributed by atoms with Crippen molar-refractivity contribution < 1.29 is 4.74 Å². The summed E-state index contributed by atoms with van der Waals surface area (Å²) in [4.78, 5) is 0. The molecular weight excluding hydrogens is 258 g/mol. The second kappa shape index (κ2) is 4.88. The van der Waals surface area contributed by atoms with Gasteiger partial charge in [0.15, 0.2) is 0 Å². The molecule has 1 fully saturated rings. The van der Waals surface area contributed by atoms with Crippen molar-refractivity contribution in [2.45, 2.75) is 44.2 Å². The van der Waals surface area contributed by atoms with Crippen LogP contribution in [0, 0.1) is 6.92 Å². The van der Waals surface area contributed by atoms with Crippen molar-refractivity contribution in [1.82, 2.24) is 0 Å². The molecule has 0 radical (unpaired) electrons. The first-order valence-electron chi connectivity index (χ1n) is 7.83. The van der Waals surface area contributed by atoms with E-state index in [1.165, 1.54) is 29.5 Å². The van der Waals surface area contributed by atoms with Crippen molar-refractivity contribution in [3.63, 3.8) is 0 Å². The summed E-state index contributed by atoms with van der Waals surface area (Å²) < 4.78 is 6.18. The van der Waals surface area contributed by atoms with E-state index in [4.69, 9.17) is 10.5 Å². The largest absolute Gasteiger partial charge is 0.485 e. The lowest BCUT2D eigenvalue weighted by Crippen LogP contribution is -2.24. The topological polar surface area (TPSA) is 35.2 Å². The summed E-state index contributed by atoms with van der Waals surface area (Å²) in [7, 11) is 0. The van der Waals surface area contributed by atoms with Gasteiger partial charge in [-0.05, 0) is 42.9 Å². The number of benzene rings is 2. The number of rotatable bonds is 2. The van der Waals surface area contributed by atoms with Gasteiger partial charge in [0.25, 0.3) is 0 Å². The van der Waals surface area contributed by atoms with Crippen LogP contribution in [0.4, 0.5) is 0 Å². The minimum Gasteiger partial charge on any atom is -0.485 e. The molecule has 1 saturated carbocycles. The predicted molar refractivity (Wildman–Crippen MR) is 84.5 cm³/mol. The van der Waals surface area contributed by atoms with E-state index in [9.17, 15) is 0 Å². The summed E-state index contributed by atoms with van der Waals surface area (Å²) >= 11 is 0. The maximum atomic E-state index is 6.35. The lowest BCUT2D eigenvalue weighted by Gasteiger charge is -2.31. The Labute approximate surface area is 125 Å². The maximum absolute atomic E-state index is 6.35. The number of nitrogens with two attached hydrogens (primary N) is 1. The zero-order valence-corrected chi connectivity index (χ0v) is 12.4. The molecule has 0 amide bonds. The third-order valence-corrected chi connectivity index (χ3v) is 4.66. The SMILES string of the molecule is Cc1ccc2c(c1)[C@H](N)CC(c1ccc(C3CC3)cc1)O2. The first-order chi connectivity index (χ1) is 10.2. The van der Waals surface area contributed by atoms with E-state index in [1.807, 2.05) is 0 Å². The fraction of sp³-hybridized carbons (Fsp3) is 0.368. The van der Waals surface area contributed by atoms with Gasteiger partial charge >= 0.3 is 0 Å². The van der Waals surface area contributed by atoms with Crippen LogP contribution in [-0.2, 0) is 0 Å². The van der Waals surface area contributed by atoms with E-state index in [-0.39, 0.29) is 12.1 Å². The molecule has 1 aliphatic carbocycles. The van der Waals surface area contributed by atoms with Crippen molar-refractivity contribution in [2.24, 2.45) is 5.73 Å². The number of aryl methyl sites for hydroxylation is 1. The molecule has 2 atom stereocenters. The second-order valence-electron chi connectivity index (χ2n) is 6.43. The summed E-state index contributed by atoms with van der Waals surface area (Å²) in [5.74, 6) is 1.74. The highest BCUT2D eigenvalue weighted by atomic mass is 16.5. The Kier molecular flexibility index (Phi) is 3.00. The van der Waals surface area contributed by atoms with Gasteiger partial charge in [0, 0.05) is 18.0 Å². The smallest absolute Gasteiger partial charge is 0.126 e. The highest BCUT2D eigenvalue weighted by Crippen LogP contribution is 2.42. The van der Waals surface area contributed by atoms with E-state index in [0.717, 1.165) is 23.7 Å². The maximum Gasteiger partial charge on any atom is 0.126 e. The highest BCUT2D eigenvalue weighted by molar-refractivity contribution is 5.42. The average Bonchev–Trinajstić information content (AvgIpc) is 3.33. The number of hydrogen-bond donors (Lipinski definition) is 1. The van der Waals surface area contributed by atoms with Gasteiger partial charge in [-0.2, -0.15) is 0 Å². The van der Waals surface area contributed by atoms with E-state index >= 15 is 0 Å². The number of ether oxygens (including phenoxy) is 1. The fourth-order valence-electron chi connectivity index (χ4n) is 3.23. The van der Waals surface area contributed by atoms with E-state index in [0.29, 0.717) is 0 Å². The second-order valence-corrected chi connectivity index (χ2v) is 6.43. The molecule has 2 aliphatic rings. The van der Waals surface area contributed by atoms with Crippen molar-refractivity contribution >= 4 is 0 Å². The van der Waals surface area contributed by atoms with E-state index in [2.05, 4.69) is 49.4 Å². The molecule has 2 heteroatoms. The van der Waals surface area contributed by atoms with Crippen LogP contribution in [0.2, 0.25) is 0 Å². The van der Waals surface area contributed by atoms with Crippen LogP contribution in [0.15, 0.2) is 42.5 Å². The van der Waals surface area contributed by atoms with Gasteiger partial charge in [-0.25, -0.2) is 0 Å². The predicted octanol–water partition coefficient (Wildman–Crippen LogP) is 4.40. The van der Waals surface area contributed by atoms with Crippen molar-refractivity contribution in [3.8, 4) is 5.75 Å². The van der Waals surface area contributed by atoms with Crippen LogP contribution in [0.25, 0.3) is 0 Å². The molecule has 108 valence electrons. The molecule has 21 heavy (non-hydrogen) atoms. The first kappa shape index (κ1) is 12.9. The van der Waals surface area contributed by atoms with Crippen molar-refractivity contribution in [1.29, 1.82) is 0 Å². The van der Waals surface area contributed by atoms with Gasteiger partial charge in [0.05, 0.1) is 0 Å². The summed E-state index contributed by atoms with van der Waals surface area (Å²) in [5.41, 5.74) is 11.4. The molecule has 0 saturated heterocycles. The normalized spacial score (nSPS) is 24.3. The summed E-state index contributed by atoms with van der Waals surface area (Å²) in [6, 6.07) is 15.3. The molecule has 0 spiro atoms. The van der Waals surface area contributed by atoms with Crippen LogP contribution < -0.4 is 10.5 Å². The van der Waals surface area contributed by atoms with E-state index in [1.54, 1.807) is 0 Å². The zero-order chi connectivity index (χ0) is 14.4. The summed E-state index contributed by atoms with van der Waals surface area (Å²) in [5, 5.41) is 0. The molecule has 2 N–H and O–H groups in total. The minimum absolute atomic E-state index is 0.0572. The molecule has 1 heterocycles. The Morgan fingerprint density at radius 1 is 1.00 bits per heavy atom. The zero-order valence-electron chi connectivity index (χ0n) is 12.4. The molecule has 0 aromatic heterocycles. The number of fused-ring (bicyclic) bond motifs is 1. The first-order valence-corrected chi connectivity index (χ1v) is 7.83. The Balaban J connectivity index is 1.60. The van der Waals surface area contributed by atoms with Crippen LogP contribution in [0.5, 0.6) is 5.75 Å². The van der Waals surface area contributed by atoms with E-state index < -0.39 is 0 Å². The van der Waals surface area contributed by atoms with Gasteiger partial charge in [-0.3, -0.25) is 0 Å². The lowest BCUT2D eigenvalue weighted by atomic mass is 9.92. The van der Waals surface area contributed by atoms with Crippen LogP contribution >= 0.6 is 0 Å².